The standard InChI is InChI=1S/C13H17N3O2/c1-16-8-11(7-15-16)9-18-13-4-10(6-14)3-12(5-13)17-2/h3-5,7-8H,6,9,14H2,1-2H3. The van der Waals surface area contributed by atoms with Crippen molar-refractivity contribution in [1.82, 2.24) is 9.78 Å². The number of nitrogens with two attached hydrogens (primary N) is 1. The second-order valence-corrected chi connectivity index (χ2v) is 4.03. The minimum Gasteiger partial charge on any atom is -0.497 e. The molecular weight excluding hydrogens is 230 g/mol. The van der Waals surface area contributed by atoms with Crippen LogP contribution in [0, 0.1) is 0 Å². The van der Waals surface area contributed by atoms with Crippen molar-refractivity contribution in [2.75, 3.05) is 7.11 Å². The monoisotopic (exact) mass is 247 g/mol. The van der Waals surface area contributed by atoms with Crippen molar-refractivity contribution >= 4 is 0 Å². The Balaban J connectivity index is 2.08. The van der Waals surface area contributed by atoms with Gasteiger partial charge in [0.1, 0.15) is 18.1 Å². The Bertz CT molecular complexity index is 500. The zero-order valence-electron chi connectivity index (χ0n) is 10.6. The molecule has 96 valence electrons. The number of aryl methyl sites for hydroxylation is 1. The zero-order chi connectivity index (χ0) is 13.0. The van der Waals surface area contributed by atoms with Gasteiger partial charge in [-0.25, -0.2) is 0 Å². The normalized spacial score (nSPS) is 10.4. The van der Waals surface area contributed by atoms with E-state index >= 15 is 0 Å². The van der Waals surface area contributed by atoms with E-state index in [1.807, 2.05) is 31.4 Å². The van der Waals surface area contributed by atoms with Crippen molar-refractivity contribution in [2.45, 2.75) is 13.2 Å². The van der Waals surface area contributed by atoms with Crippen molar-refractivity contribution in [1.29, 1.82) is 0 Å². The molecule has 0 spiro atoms. The van der Waals surface area contributed by atoms with Gasteiger partial charge < -0.3 is 15.2 Å². The van der Waals surface area contributed by atoms with E-state index in [1.54, 1.807) is 18.0 Å². The Morgan fingerprint density at radius 3 is 2.61 bits per heavy atom. The first-order valence-electron chi connectivity index (χ1n) is 5.69. The van der Waals surface area contributed by atoms with Crippen LogP contribution in [0.25, 0.3) is 0 Å². The molecule has 0 saturated heterocycles. The fourth-order valence-electron chi connectivity index (χ4n) is 1.66. The van der Waals surface area contributed by atoms with E-state index in [1.165, 1.54) is 0 Å². The summed E-state index contributed by atoms with van der Waals surface area (Å²) >= 11 is 0. The number of ether oxygens (including phenoxy) is 2. The number of methoxy groups -OCH3 is 1. The molecule has 5 heteroatoms. The molecule has 0 aliphatic carbocycles. The van der Waals surface area contributed by atoms with Gasteiger partial charge in [-0.05, 0) is 17.7 Å². The van der Waals surface area contributed by atoms with Crippen LogP contribution in [-0.4, -0.2) is 16.9 Å². The van der Waals surface area contributed by atoms with Crippen LogP contribution in [0.2, 0.25) is 0 Å². The number of aromatic nitrogens is 2. The lowest BCUT2D eigenvalue weighted by Gasteiger charge is -2.09. The number of hydrogen-bond acceptors (Lipinski definition) is 4. The molecule has 0 bridgehead atoms. The van der Waals surface area contributed by atoms with E-state index in [9.17, 15) is 0 Å². The van der Waals surface area contributed by atoms with Gasteiger partial charge in [0, 0.05) is 31.4 Å². The Morgan fingerprint density at radius 1 is 1.22 bits per heavy atom. The summed E-state index contributed by atoms with van der Waals surface area (Å²) in [6.07, 6.45) is 3.70. The number of benzene rings is 1. The average molecular weight is 247 g/mol. The molecule has 0 amide bonds. The Kier molecular flexibility index (Phi) is 3.84. The highest BCUT2D eigenvalue weighted by molar-refractivity contribution is 5.38. The summed E-state index contributed by atoms with van der Waals surface area (Å²) in [5, 5.41) is 4.09. The first kappa shape index (κ1) is 12.4. The van der Waals surface area contributed by atoms with Crippen LogP contribution in [0.1, 0.15) is 11.1 Å². The maximum Gasteiger partial charge on any atom is 0.123 e. The molecule has 1 aromatic heterocycles. The molecule has 2 aromatic rings. The molecule has 0 aliphatic rings. The topological polar surface area (TPSA) is 62.3 Å². The predicted octanol–water partition coefficient (Wildman–Crippen LogP) is 1.47. The summed E-state index contributed by atoms with van der Waals surface area (Å²) in [5.74, 6) is 1.50. The predicted molar refractivity (Wildman–Crippen MR) is 68.4 cm³/mol. The quantitative estimate of drug-likeness (QED) is 0.869. The fourth-order valence-corrected chi connectivity index (χ4v) is 1.66. The SMILES string of the molecule is COc1cc(CN)cc(OCc2cnn(C)c2)c1. The second kappa shape index (κ2) is 5.55. The lowest BCUT2D eigenvalue weighted by Crippen LogP contribution is -2.00. The van der Waals surface area contributed by atoms with Crippen LogP contribution in [0.5, 0.6) is 11.5 Å². The first-order valence-corrected chi connectivity index (χ1v) is 5.69. The maximum absolute atomic E-state index is 5.70. The van der Waals surface area contributed by atoms with Crippen LogP contribution >= 0.6 is 0 Å². The summed E-state index contributed by atoms with van der Waals surface area (Å²) in [7, 11) is 3.50. The summed E-state index contributed by atoms with van der Waals surface area (Å²) in [6.45, 7) is 0.936. The smallest absolute Gasteiger partial charge is 0.123 e. The van der Waals surface area contributed by atoms with Gasteiger partial charge in [0.25, 0.3) is 0 Å². The van der Waals surface area contributed by atoms with E-state index in [0.717, 1.165) is 22.6 Å². The summed E-state index contributed by atoms with van der Waals surface area (Å²) < 4.78 is 12.6. The molecule has 0 atom stereocenters. The summed E-state index contributed by atoms with van der Waals surface area (Å²) in [5.41, 5.74) is 7.63. The molecule has 1 heterocycles. The van der Waals surface area contributed by atoms with Gasteiger partial charge in [-0.15, -0.1) is 0 Å². The lowest BCUT2D eigenvalue weighted by atomic mass is 10.2. The average Bonchev–Trinajstić information content (AvgIpc) is 2.81. The van der Waals surface area contributed by atoms with Crippen LogP contribution in [0.3, 0.4) is 0 Å². The fraction of sp³-hybridized carbons (Fsp3) is 0.308. The van der Waals surface area contributed by atoms with Gasteiger partial charge >= 0.3 is 0 Å². The molecule has 0 saturated carbocycles. The lowest BCUT2D eigenvalue weighted by molar-refractivity contribution is 0.303. The molecule has 5 nitrogen and oxygen atoms in total. The third-order valence-corrected chi connectivity index (χ3v) is 2.58. The Labute approximate surface area is 106 Å². The molecule has 0 aliphatic heterocycles. The highest BCUT2D eigenvalue weighted by Crippen LogP contribution is 2.23. The van der Waals surface area contributed by atoms with Crippen LogP contribution in [-0.2, 0) is 20.2 Å². The molecule has 2 rings (SSSR count). The highest BCUT2D eigenvalue weighted by Gasteiger charge is 2.03. The minimum absolute atomic E-state index is 0.459. The zero-order valence-corrected chi connectivity index (χ0v) is 10.6. The molecule has 0 unspecified atom stereocenters. The summed E-state index contributed by atoms with van der Waals surface area (Å²) in [6, 6.07) is 5.66. The first-order chi connectivity index (χ1) is 8.71. The van der Waals surface area contributed by atoms with Crippen molar-refractivity contribution in [3.8, 4) is 11.5 Å². The van der Waals surface area contributed by atoms with Crippen molar-refractivity contribution in [2.24, 2.45) is 12.8 Å². The second-order valence-electron chi connectivity index (χ2n) is 4.03. The van der Waals surface area contributed by atoms with Crippen molar-refractivity contribution in [3.05, 3.63) is 41.7 Å². The van der Waals surface area contributed by atoms with Gasteiger partial charge in [-0.2, -0.15) is 5.10 Å². The minimum atomic E-state index is 0.459. The van der Waals surface area contributed by atoms with E-state index in [-0.39, 0.29) is 0 Å². The van der Waals surface area contributed by atoms with E-state index in [0.29, 0.717) is 13.2 Å². The molecule has 1 aromatic carbocycles. The number of hydrogen-bond donors (Lipinski definition) is 1. The van der Waals surface area contributed by atoms with E-state index in [4.69, 9.17) is 15.2 Å². The van der Waals surface area contributed by atoms with Crippen LogP contribution < -0.4 is 15.2 Å². The molecule has 0 fully saturated rings. The molecule has 18 heavy (non-hydrogen) atoms. The van der Waals surface area contributed by atoms with Gasteiger partial charge in [-0.1, -0.05) is 0 Å². The summed E-state index contributed by atoms with van der Waals surface area (Å²) in [4.78, 5) is 0. The van der Waals surface area contributed by atoms with Gasteiger partial charge in [0.15, 0.2) is 0 Å². The molecular formula is C13H17N3O2. The highest BCUT2D eigenvalue weighted by atomic mass is 16.5. The maximum atomic E-state index is 5.70. The van der Waals surface area contributed by atoms with Gasteiger partial charge in [0.2, 0.25) is 0 Å². The molecule has 0 radical (unpaired) electrons. The number of rotatable bonds is 5. The van der Waals surface area contributed by atoms with E-state index in [2.05, 4.69) is 5.10 Å². The van der Waals surface area contributed by atoms with E-state index < -0.39 is 0 Å². The van der Waals surface area contributed by atoms with Crippen LogP contribution in [0.4, 0.5) is 0 Å². The Hall–Kier alpha value is -2.01. The third kappa shape index (κ3) is 3.01. The number of nitrogens with zero attached hydrogens (tertiary/aromatic N) is 2. The Morgan fingerprint density at radius 2 is 2.00 bits per heavy atom. The van der Waals surface area contributed by atoms with Gasteiger partial charge in [0.05, 0.1) is 13.3 Å². The molecule has 2 N–H and O–H groups in total. The van der Waals surface area contributed by atoms with Crippen LogP contribution in [0.15, 0.2) is 30.6 Å². The van der Waals surface area contributed by atoms with Gasteiger partial charge in [-0.3, -0.25) is 4.68 Å². The van der Waals surface area contributed by atoms with Crippen molar-refractivity contribution in [3.63, 3.8) is 0 Å². The van der Waals surface area contributed by atoms with Crippen molar-refractivity contribution < 1.29 is 9.47 Å². The third-order valence-electron chi connectivity index (χ3n) is 2.58. The largest absolute Gasteiger partial charge is 0.497 e.